The van der Waals surface area contributed by atoms with Crippen molar-refractivity contribution in [3.05, 3.63) is 40.5 Å². The number of aromatic nitrogens is 2. The molecule has 0 amide bonds. The number of nitrogen functional groups attached to an aromatic ring is 1. The molecule has 1 aromatic heterocycles. The molecular weight excluding hydrogens is 242 g/mol. The van der Waals surface area contributed by atoms with Crippen molar-refractivity contribution in [3.63, 3.8) is 0 Å². The van der Waals surface area contributed by atoms with E-state index < -0.39 is 0 Å². The summed E-state index contributed by atoms with van der Waals surface area (Å²) >= 11 is 7.80. The highest BCUT2D eigenvalue weighted by Gasteiger charge is 2.21. The first kappa shape index (κ1) is 10.1. The molecule has 0 unspecified atom stereocenters. The molecule has 0 bridgehead atoms. The van der Waals surface area contributed by atoms with Crippen LogP contribution in [-0.2, 0) is 11.5 Å². The van der Waals surface area contributed by atoms with E-state index in [1.54, 1.807) is 4.68 Å². The number of anilines is 1. The average molecular weight is 252 g/mol. The lowest BCUT2D eigenvalue weighted by Crippen LogP contribution is -2.03. The Balaban J connectivity index is 2.14. The maximum Gasteiger partial charge on any atom is 0.131 e. The number of fused-ring (bicyclic) bond motifs is 1. The van der Waals surface area contributed by atoms with Crippen molar-refractivity contribution >= 4 is 29.2 Å². The Hall–Kier alpha value is -1.13. The molecule has 0 fully saturated rings. The zero-order valence-electron chi connectivity index (χ0n) is 8.48. The van der Waals surface area contributed by atoms with Gasteiger partial charge in [0.1, 0.15) is 5.82 Å². The van der Waals surface area contributed by atoms with Gasteiger partial charge in [-0.2, -0.15) is 16.9 Å². The average Bonchev–Trinajstić information content (AvgIpc) is 2.82. The molecule has 0 atom stereocenters. The van der Waals surface area contributed by atoms with E-state index in [4.69, 9.17) is 17.3 Å². The van der Waals surface area contributed by atoms with Crippen LogP contribution in [0.3, 0.4) is 0 Å². The summed E-state index contributed by atoms with van der Waals surface area (Å²) < 4.78 is 1.77. The molecule has 82 valence electrons. The van der Waals surface area contributed by atoms with E-state index in [2.05, 4.69) is 5.10 Å². The summed E-state index contributed by atoms with van der Waals surface area (Å²) in [4.78, 5) is 0. The molecule has 2 aromatic rings. The largest absolute Gasteiger partial charge is 0.383 e. The molecule has 1 aliphatic heterocycles. The summed E-state index contributed by atoms with van der Waals surface area (Å²) in [7, 11) is 0. The number of halogens is 1. The maximum atomic E-state index is 6.08. The Morgan fingerprint density at radius 2 is 2.25 bits per heavy atom. The monoisotopic (exact) mass is 251 g/mol. The second-order valence-electron chi connectivity index (χ2n) is 3.69. The van der Waals surface area contributed by atoms with Crippen molar-refractivity contribution in [1.29, 1.82) is 0 Å². The number of hydrogen-bond donors (Lipinski definition) is 1. The van der Waals surface area contributed by atoms with Gasteiger partial charge >= 0.3 is 0 Å². The van der Waals surface area contributed by atoms with E-state index in [1.807, 2.05) is 36.0 Å². The predicted octanol–water partition coefficient (Wildman–Crippen LogP) is 2.85. The minimum absolute atomic E-state index is 0.696. The molecule has 3 nitrogen and oxygen atoms in total. The fourth-order valence-electron chi connectivity index (χ4n) is 1.84. The summed E-state index contributed by atoms with van der Waals surface area (Å²) in [6.07, 6.45) is 0. The standard InChI is InChI=1S/C11H10ClN3S/c12-7-2-1-3-8(4-7)15-11(13)9-5-16-6-10(9)14-15/h1-4H,5-6,13H2. The number of benzene rings is 1. The van der Waals surface area contributed by atoms with Crippen LogP contribution in [-0.4, -0.2) is 9.78 Å². The van der Waals surface area contributed by atoms with E-state index >= 15 is 0 Å². The van der Waals surface area contributed by atoms with Crippen molar-refractivity contribution < 1.29 is 0 Å². The minimum Gasteiger partial charge on any atom is -0.383 e. The second kappa shape index (κ2) is 3.71. The van der Waals surface area contributed by atoms with Crippen LogP contribution in [0, 0.1) is 0 Å². The number of thioether (sulfide) groups is 1. The van der Waals surface area contributed by atoms with Crippen molar-refractivity contribution in [2.24, 2.45) is 0 Å². The molecule has 3 rings (SSSR count). The van der Waals surface area contributed by atoms with E-state index in [-0.39, 0.29) is 0 Å². The lowest BCUT2D eigenvalue weighted by molar-refractivity contribution is 0.869. The summed E-state index contributed by atoms with van der Waals surface area (Å²) in [5, 5.41) is 5.21. The van der Waals surface area contributed by atoms with Crippen LogP contribution in [0.2, 0.25) is 5.02 Å². The highest BCUT2D eigenvalue weighted by Crippen LogP contribution is 2.34. The van der Waals surface area contributed by atoms with Gasteiger partial charge in [0.2, 0.25) is 0 Å². The molecule has 5 heteroatoms. The molecule has 0 saturated carbocycles. The Morgan fingerprint density at radius 1 is 1.38 bits per heavy atom. The van der Waals surface area contributed by atoms with Crippen molar-refractivity contribution in [3.8, 4) is 5.69 Å². The quantitative estimate of drug-likeness (QED) is 0.848. The normalized spacial score (nSPS) is 14.1. The highest BCUT2D eigenvalue weighted by atomic mass is 35.5. The van der Waals surface area contributed by atoms with Gasteiger partial charge in [-0.05, 0) is 18.2 Å². The first-order valence-corrected chi connectivity index (χ1v) is 6.49. The number of hydrogen-bond acceptors (Lipinski definition) is 3. The van der Waals surface area contributed by atoms with Crippen LogP contribution in [0.4, 0.5) is 5.82 Å². The van der Waals surface area contributed by atoms with Gasteiger partial charge in [-0.1, -0.05) is 17.7 Å². The van der Waals surface area contributed by atoms with Crippen LogP contribution in [0.25, 0.3) is 5.69 Å². The van der Waals surface area contributed by atoms with Gasteiger partial charge in [-0.15, -0.1) is 0 Å². The molecule has 0 saturated heterocycles. The van der Waals surface area contributed by atoms with Gasteiger partial charge in [-0.25, -0.2) is 4.68 Å². The van der Waals surface area contributed by atoms with Crippen LogP contribution >= 0.6 is 23.4 Å². The number of nitrogens with two attached hydrogens (primary N) is 1. The summed E-state index contributed by atoms with van der Waals surface area (Å²) in [6.45, 7) is 0. The molecule has 1 aromatic carbocycles. The fraction of sp³-hybridized carbons (Fsp3) is 0.182. The third kappa shape index (κ3) is 1.49. The maximum absolute atomic E-state index is 6.08. The summed E-state index contributed by atoms with van der Waals surface area (Å²) in [5.41, 5.74) is 9.27. The van der Waals surface area contributed by atoms with Crippen molar-refractivity contribution in [2.75, 3.05) is 5.73 Å². The molecule has 0 aliphatic carbocycles. The lowest BCUT2D eigenvalue weighted by Gasteiger charge is -2.05. The molecule has 0 spiro atoms. The SMILES string of the molecule is Nc1c2c(nn1-c1cccc(Cl)c1)CSC2. The molecule has 2 N–H and O–H groups in total. The third-order valence-corrected chi connectivity index (χ3v) is 3.85. The fourth-order valence-corrected chi connectivity index (χ4v) is 3.07. The molecule has 0 radical (unpaired) electrons. The van der Waals surface area contributed by atoms with Gasteiger partial charge < -0.3 is 5.73 Å². The summed E-state index contributed by atoms with van der Waals surface area (Å²) in [5.74, 6) is 2.65. The molecule has 2 heterocycles. The first-order chi connectivity index (χ1) is 7.75. The van der Waals surface area contributed by atoms with E-state index in [0.717, 1.165) is 28.7 Å². The highest BCUT2D eigenvalue weighted by molar-refractivity contribution is 7.98. The van der Waals surface area contributed by atoms with Gasteiger partial charge in [0, 0.05) is 22.1 Å². The van der Waals surface area contributed by atoms with E-state index in [1.165, 1.54) is 5.56 Å². The zero-order valence-corrected chi connectivity index (χ0v) is 10.1. The van der Waals surface area contributed by atoms with Gasteiger partial charge in [0.15, 0.2) is 0 Å². The van der Waals surface area contributed by atoms with Gasteiger partial charge in [-0.3, -0.25) is 0 Å². The smallest absolute Gasteiger partial charge is 0.131 e. The van der Waals surface area contributed by atoms with E-state index in [0.29, 0.717) is 5.02 Å². The van der Waals surface area contributed by atoms with Gasteiger partial charge in [0.05, 0.1) is 11.4 Å². The molecular formula is C11H10ClN3S. The Kier molecular flexibility index (Phi) is 2.33. The second-order valence-corrected chi connectivity index (χ2v) is 5.12. The molecule has 1 aliphatic rings. The zero-order chi connectivity index (χ0) is 11.1. The van der Waals surface area contributed by atoms with Crippen molar-refractivity contribution in [2.45, 2.75) is 11.5 Å². The van der Waals surface area contributed by atoms with E-state index in [9.17, 15) is 0 Å². The van der Waals surface area contributed by atoms with Crippen LogP contribution in [0.5, 0.6) is 0 Å². The Bertz CT molecular complexity index is 550. The predicted molar refractivity (Wildman–Crippen MR) is 68.0 cm³/mol. The lowest BCUT2D eigenvalue weighted by atomic mass is 10.3. The molecule has 16 heavy (non-hydrogen) atoms. The summed E-state index contributed by atoms with van der Waals surface area (Å²) in [6, 6.07) is 7.57. The third-order valence-electron chi connectivity index (χ3n) is 2.64. The van der Waals surface area contributed by atoms with Crippen LogP contribution in [0.1, 0.15) is 11.3 Å². The first-order valence-electron chi connectivity index (χ1n) is 4.95. The minimum atomic E-state index is 0.696. The van der Waals surface area contributed by atoms with Crippen LogP contribution < -0.4 is 5.73 Å². The topological polar surface area (TPSA) is 43.8 Å². The Morgan fingerprint density at radius 3 is 3.00 bits per heavy atom. The number of rotatable bonds is 1. The van der Waals surface area contributed by atoms with Crippen LogP contribution in [0.15, 0.2) is 24.3 Å². The van der Waals surface area contributed by atoms with Gasteiger partial charge in [0.25, 0.3) is 0 Å². The number of nitrogens with zero attached hydrogens (tertiary/aromatic N) is 2. The van der Waals surface area contributed by atoms with Crippen molar-refractivity contribution in [1.82, 2.24) is 9.78 Å². The Labute approximate surface area is 103 Å².